The monoisotopic (exact) mass is 421 g/mol. The van der Waals surface area contributed by atoms with Gasteiger partial charge in [0.05, 0.1) is 6.54 Å². The second-order valence-corrected chi connectivity index (χ2v) is 9.09. The minimum absolute atomic E-state index is 0.0263. The van der Waals surface area contributed by atoms with Gasteiger partial charge in [0.1, 0.15) is 5.54 Å². The highest BCUT2D eigenvalue weighted by molar-refractivity contribution is 7.09. The van der Waals surface area contributed by atoms with Gasteiger partial charge in [-0.1, -0.05) is 48.0 Å². The van der Waals surface area contributed by atoms with E-state index in [9.17, 15) is 4.79 Å². The number of thiophene rings is 1. The van der Waals surface area contributed by atoms with Crippen molar-refractivity contribution in [3.05, 3.63) is 81.5 Å². The predicted molar refractivity (Wildman–Crippen MR) is 117 cm³/mol. The maximum absolute atomic E-state index is 13.7. The Morgan fingerprint density at radius 1 is 1.10 bits per heavy atom. The van der Waals surface area contributed by atoms with Gasteiger partial charge in [0.2, 0.25) is 0 Å². The van der Waals surface area contributed by atoms with Crippen LogP contribution in [0.2, 0.25) is 5.02 Å². The van der Waals surface area contributed by atoms with Crippen molar-refractivity contribution in [2.45, 2.75) is 24.9 Å². The summed E-state index contributed by atoms with van der Waals surface area (Å²) in [5, 5.41) is 14.5. The molecule has 146 valence electrons. The molecule has 1 atom stereocenters. The lowest BCUT2D eigenvalue weighted by Gasteiger charge is -2.28. The molecule has 4 nitrogen and oxygen atoms in total. The topological polar surface area (TPSA) is 56.2 Å². The smallest absolute Gasteiger partial charge is 0.260 e. The van der Waals surface area contributed by atoms with Crippen molar-refractivity contribution in [3.63, 3.8) is 0 Å². The van der Waals surface area contributed by atoms with E-state index in [1.807, 2.05) is 60.0 Å². The van der Waals surface area contributed by atoms with Crippen molar-refractivity contribution < 1.29 is 4.79 Å². The Bertz CT molecular complexity index is 1090. The van der Waals surface area contributed by atoms with Crippen LogP contribution in [0.15, 0.2) is 66.0 Å². The fourth-order valence-corrected chi connectivity index (χ4v) is 5.05. The number of rotatable bonds is 5. The first-order chi connectivity index (χ1) is 14.1. The van der Waals surface area contributed by atoms with Crippen molar-refractivity contribution in [1.29, 1.82) is 5.41 Å². The minimum Gasteiger partial charge on any atom is -0.338 e. The molecule has 2 fully saturated rings. The summed E-state index contributed by atoms with van der Waals surface area (Å²) in [4.78, 5) is 16.3. The third-order valence-electron chi connectivity index (χ3n) is 5.73. The van der Waals surface area contributed by atoms with Crippen LogP contribution >= 0.6 is 22.9 Å². The summed E-state index contributed by atoms with van der Waals surface area (Å²) in [5.74, 6) is 0.364. The zero-order valence-electron chi connectivity index (χ0n) is 15.7. The van der Waals surface area contributed by atoms with Crippen molar-refractivity contribution in [2.75, 3.05) is 0 Å². The predicted octanol–water partition coefficient (Wildman–Crippen LogP) is 5.24. The van der Waals surface area contributed by atoms with Gasteiger partial charge in [0.15, 0.2) is 5.96 Å². The number of carbonyl (C=O) groups excluding carboxylic acids is 1. The third-order valence-corrected chi connectivity index (χ3v) is 6.82. The highest BCUT2D eigenvalue weighted by Crippen LogP contribution is 2.49. The molecule has 5 rings (SSSR count). The van der Waals surface area contributed by atoms with Gasteiger partial charge in [-0.3, -0.25) is 15.1 Å². The van der Waals surface area contributed by atoms with E-state index in [0.717, 1.165) is 34.4 Å². The molecule has 2 aliphatic rings. The molecular weight excluding hydrogens is 402 g/mol. The molecule has 0 spiro atoms. The molecule has 1 aliphatic heterocycles. The molecule has 1 aromatic heterocycles. The Hall–Kier alpha value is -2.63. The van der Waals surface area contributed by atoms with Crippen molar-refractivity contribution in [2.24, 2.45) is 5.92 Å². The van der Waals surface area contributed by atoms with Crippen LogP contribution < -0.4 is 5.32 Å². The maximum Gasteiger partial charge on any atom is 0.260 e. The molecule has 0 radical (unpaired) electrons. The number of carbonyl (C=O) groups is 1. The molecule has 2 heterocycles. The van der Waals surface area contributed by atoms with Crippen molar-refractivity contribution >= 4 is 34.8 Å². The van der Waals surface area contributed by atoms with E-state index in [1.165, 1.54) is 0 Å². The number of hydrogen-bond donors (Lipinski definition) is 2. The van der Waals surface area contributed by atoms with Crippen LogP contribution in [0.25, 0.3) is 11.1 Å². The van der Waals surface area contributed by atoms with Crippen LogP contribution in [0.3, 0.4) is 0 Å². The van der Waals surface area contributed by atoms with Gasteiger partial charge in [-0.05, 0) is 65.1 Å². The standard InChI is InChI=1S/C23H20ClN3OS/c24-19-7-2-5-16(13-19)15-4-1-6-18(12-15)23(17-9-10-17)21(28)27(22(25)26-23)14-20-8-3-11-29-20/h1-8,11-13,17H,9-10,14H2,(H2,25,26). The van der Waals surface area contributed by atoms with E-state index < -0.39 is 5.54 Å². The van der Waals surface area contributed by atoms with E-state index in [4.69, 9.17) is 17.0 Å². The van der Waals surface area contributed by atoms with Gasteiger partial charge < -0.3 is 5.32 Å². The zero-order valence-corrected chi connectivity index (χ0v) is 17.3. The van der Waals surface area contributed by atoms with Crippen LogP contribution in [0.5, 0.6) is 0 Å². The summed E-state index contributed by atoms with van der Waals surface area (Å²) in [6.07, 6.45) is 1.97. The molecule has 1 saturated heterocycles. The van der Waals surface area contributed by atoms with Crippen molar-refractivity contribution in [1.82, 2.24) is 10.2 Å². The lowest BCUT2D eigenvalue weighted by molar-refractivity contribution is -0.132. The molecule has 1 unspecified atom stereocenters. The first kappa shape index (κ1) is 18.4. The van der Waals surface area contributed by atoms with E-state index in [2.05, 4.69) is 11.4 Å². The SMILES string of the molecule is N=C1NC(c2cccc(-c3cccc(Cl)c3)c2)(C2CC2)C(=O)N1Cc1cccs1. The van der Waals surface area contributed by atoms with E-state index in [1.54, 1.807) is 16.2 Å². The molecule has 29 heavy (non-hydrogen) atoms. The van der Waals surface area contributed by atoms with E-state index >= 15 is 0 Å². The summed E-state index contributed by atoms with van der Waals surface area (Å²) in [5.41, 5.74) is 2.09. The third kappa shape index (κ3) is 3.15. The maximum atomic E-state index is 13.7. The van der Waals surface area contributed by atoms with Gasteiger partial charge in [0.25, 0.3) is 5.91 Å². The largest absolute Gasteiger partial charge is 0.338 e. The number of nitrogens with zero attached hydrogens (tertiary/aromatic N) is 1. The second kappa shape index (κ2) is 7.01. The molecule has 0 bridgehead atoms. The summed E-state index contributed by atoms with van der Waals surface area (Å²) in [6, 6.07) is 19.8. The number of hydrogen-bond acceptors (Lipinski definition) is 3. The zero-order chi connectivity index (χ0) is 20.0. The quantitative estimate of drug-likeness (QED) is 0.591. The summed E-state index contributed by atoms with van der Waals surface area (Å²) >= 11 is 7.78. The Kier molecular flexibility index (Phi) is 4.45. The molecular formula is C23H20ClN3OS. The van der Waals surface area contributed by atoms with Crippen LogP contribution in [-0.4, -0.2) is 16.8 Å². The minimum atomic E-state index is -0.858. The molecule has 1 aliphatic carbocycles. The summed E-state index contributed by atoms with van der Waals surface area (Å²) < 4.78 is 0. The number of guanidine groups is 1. The summed E-state index contributed by atoms with van der Waals surface area (Å²) in [7, 11) is 0. The van der Waals surface area contributed by atoms with Gasteiger partial charge >= 0.3 is 0 Å². The molecule has 6 heteroatoms. The van der Waals surface area contributed by atoms with Gasteiger partial charge in [-0.25, -0.2) is 0 Å². The van der Waals surface area contributed by atoms with Gasteiger partial charge in [-0.2, -0.15) is 0 Å². The highest BCUT2D eigenvalue weighted by atomic mass is 35.5. The van der Waals surface area contributed by atoms with Crippen LogP contribution in [0.4, 0.5) is 0 Å². The first-order valence-corrected chi connectivity index (χ1v) is 10.9. The molecule has 2 N–H and O–H groups in total. The normalized spacial score (nSPS) is 21.5. The fraction of sp³-hybridized carbons (Fsp3) is 0.217. The van der Waals surface area contributed by atoms with Crippen molar-refractivity contribution in [3.8, 4) is 11.1 Å². The number of amides is 1. The number of nitrogens with one attached hydrogen (secondary N) is 2. The van der Waals surface area contributed by atoms with Gasteiger partial charge in [-0.15, -0.1) is 11.3 Å². The second-order valence-electron chi connectivity index (χ2n) is 7.62. The average Bonchev–Trinajstić information content (AvgIpc) is 3.39. The van der Waals surface area contributed by atoms with Crippen LogP contribution in [0, 0.1) is 11.3 Å². The molecule has 3 aromatic rings. The lowest BCUT2D eigenvalue weighted by atomic mass is 9.83. The Labute approximate surface area is 178 Å². The Balaban J connectivity index is 1.55. The number of benzene rings is 2. The molecule has 1 saturated carbocycles. The fourth-order valence-electron chi connectivity index (χ4n) is 4.17. The molecule has 2 aromatic carbocycles. The Morgan fingerprint density at radius 2 is 1.86 bits per heavy atom. The lowest BCUT2D eigenvalue weighted by Crippen LogP contribution is -2.46. The summed E-state index contributed by atoms with van der Waals surface area (Å²) in [6.45, 7) is 0.435. The average molecular weight is 422 g/mol. The molecule has 1 amide bonds. The highest BCUT2D eigenvalue weighted by Gasteiger charge is 2.59. The van der Waals surface area contributed by atoms with E-state index in [-0.39, 0.29) is 17.8 Å². The first-order valence-electron chi connectivity index (χ1n) is 9.65. The number of halogens is 1. The van der Waals surface area contributed by atoms with Crippen LogP contribution in [0.1, 0.15) is 23.3 Å². The van der Waals surface area contributed by atoms with Crippen LogP contribution in [-0.2, 0) is 16.9 Å². The van der Waals surface area contributed by atoms with Gasteiger partial charge in [0, 0.05) is 9.90 Å². The van der Waals surface area contributed by atoms with E-state index in [0.29, 0.717) is 11.6 Å². The Morgan fingerprint density at radius 3 is 2.55 bits per heavy atom.